The number of aromatic nitrogens is 2. The molecule has 2 aliphatic heterocycles. The molecule has 172 valence electrons. The molecule has 2 aromatic heterocycles. The Morgan fingerprint density at radius 2 is 2.06 bits per heavy atom. The van der Waals surface area contributed by atoms with Crippen LogP contribution in [0.15, 0.2) is 30.3 Å². The minimum absolute atomic E-state index is 0.0166. The van der Waals surface area contributed by atoms with Crippen LogP contribution in [0, 0.1) is 12.8 Å². The van der Waals surface area contributed by atoms with E-state index in [9.17, 15) is 9.18 Å². The fourth-order valence-corrected chi connectivity index (χ4v) is 5.31. The molecule has 7 heteroatoms. The number of halogens is 1. The van der Waals surface area contributed by atoms with Gasteiger partial charge in [0.05, 0.1) is 23.7 Å². The third-order valence-corrected chi connectivity index (χ3v) is 7.34. The van der Waals surface area contributed by atoms with E-state index in [-0.39, 0.29) is 12.1 Å². The molecule has 33 heavy (non-hydrogen) atoms. The zero-order valence-electron chi connectivity index (χ0n) is 19.3. The van der Waals surface area contributed by atoms with Gasteiger partial charge in [-0.2, -0.15) is 0 Å². The van der Waals surface area contributed by atoms with Crippen molar-refractivity contribution in [2.24, 2.45) is 5.92 Å². The van der Waals surface area contributed by atoms with E-state index >= 15 is 0 Å². The summed E-state index contributed by atoms with van der Waals surface area (Å²) in [7, 11) is 2.12. The van der Waals surface area contributed by atoms with E-state index in [0.717, 1.165) is 52.7 Å². The summed E-state index contributed by atoms with van der Waals surface area (Å²) >= 11 is 0. The number of fused-ring (bicyclic) bond motifs is 3. The number of hydrogen-bond acceptors (Lipinski definition) is 4. The lowest BCUT2D eigenvalue weighted by atomic mass is 9.97. The van der Waals surface area contributed by atoms with Crippen molar-refractivity contribution in [1.82, 2.24) is 14.5 Å². The Kier molecular flexibility index (Phi) is 4.82. The minimum Gasteiger partial charge on any atom is -0.359 e. The van der Waals surface area contributed by atoms with Gasteiger partial charge in [0.25, 0.3) is 5.91 Å². The highest BCUT2D eigenvalue weighted by Gasteiger charge is 2.35. The molecule has 6 nitrogen and oxygen atoms in total. The van der Waals surface area contributed by atoms with Crippen molar-refractivity contribution >= 4 is 28.3 Å². The zero-order valence-corrected chi connectivity index (χ0v) is 19.3. The molecule has 0 radical (unpaired) electrons. The second kappa shape index (κ2) is 7.75. The van der Waals surface area contributed by atoms with Gasteiger partial charge in [0.2, 0.25) is 0 Å². The molecule has 3 aromatic rings. The average molecular weight is 448 g/mol. The number of alkyl halides is 1. The molecule has 1 saturated carbocycles. The van der Waals surface area contributed by atoms with E-state index in [1.165, 1.54) is 23.9 Å². The van der Waals surface area contributed by atoms with Crippen molar-refractivity contribution in [3.8, 4) is 0 Å². The highest BCUT2D eigenvalue weighted by Crippen LogP contribution is 2.44. The molecule has 1 unspecified atom stereocenters. The molecule has 1 aromatic carbocycles. The lowest BCUT2D eigenvalue weighted by molar-refractivity contribution is 0.0735. The summed E-state index contributed by atoms with van der Waals surface area (Å²) in [5, 5.41) is 4.85. The molecule has 1 amide bonds. The number of pyridine rings is 1. The van der Waals surface area contributed by atoms with Gasteiger partial charge in [-0.3, -0.25) is 9.18 Å². The zero-order chi connectivity index (χ0) is 22.7. The number of amides is 1. The predicted octanol–water partition coefficient (Wildman–Crippen LogP) is 4.67. The molecule has 1 aliphatic carbocycles. The van der Waals surface area contributed by atoms with Crippen LogP contribution < -0.4 is 10.2 Å². The maximum atomic E-state index is 13.0. The Morgan fingerprint density at radius 1 is 1.21 bits per heavy atom. The van der Waals surface area contributed by atoms with Crippen molar-refractivity contribution in [2.75, 3.05) is 37.0 Å². The van der Waals surface area contributed by atoms with Gasteiger partial charge in [-0.25, -0.2) is 4.98 Å². The first-order chi connectivity index (χ1) is 16.0. The molecule has 0 spiro atoms. The van der Waals surface area contributed by atoms with Gasteiger partial charge < -0.3 is 19.7 Å². The summed E-state index contributed by atoms with van der Waals surface area (Å²) in [6.45, 7) is 3.79. The smallest absolute Gasteiger partial charge is 0.254 e. The van der Waals surface area contributed by atoms with E-state index < -0.39 is 6.67 Å². The number of nitrogens with zero attached hydrogens (tertiary/aromatic N) is 4. The van der Waals surface area contributed by atoms with Crippen LogP contribution in [-0.4, -0.2) is 47.2 Å². The molecule has 1 fully saturated rings. The number of anilines is 2. The van der Waals surface area contributed by atoms with Gasteiger partial charge in [-0.15, -0.1) is 0 Å². The van der Waals surface area contributed by atoms with Crippen LogP contribution >= 0.6 is 0 Å². The number of aryl methyl sites for hydroxylation is 1. The summed E-state index contributed by atoms with van der Waals surface area (Å²) in [5.41, 5.74) is 7.23. The Bertz CT molecular complexity index is 1250. The summed E-state index contributed by atoms with van der Waals surface area (Å²) < 4.78 is 15.0. The highest BCUT2D eigenvalue weighted by molar-refractivity contribution is 5.99. The predicted molar refractivity (Wildman–Crippen MR) is 129 cm³/mol. The summed E-state index contributed by atoms with van der Waals surface area (Å²) in [5.74, 6) is 0.749. The van der Waals surface area contributed by atoms with Crippen molar-refractivity contribution < 1.29 is 9.18 Å². The fourth-order valence-electron chi connectivity index (χ4n) is 5.31. The Labute approximate surface area is 193 Å². The SMILES string of the molecule is Cc1ccc2cc(C3Nc4cc5c(cc4N3C)CCN(CCCF)C5=O)n(CC3CC3)c2n1. The topological polar surface area (TPSA) is 53.4 Å². The second-order valence-electron chi connectivity index (χ2n) is 9.76. The maximum Gasteiger partial charge on any atom is 0.254 e. The maximum absolute atomic E-state index is 13.0. The van der Waals surface area contributed by atoms with Crippen LogP contribution in [-0.2, 0) is 13.0 Å². The molecule has 1 N–H and O–H groups in total. The summed E-state index contributed by atoms with van der Waals surface area (Å²) in [6, 6.07) is 10.7. The third kappa shape index (κ3) is 3.45. The normalized spacial score (nSPS) is 19.7. The molecular weight excluding hydrogens is 417 g/mol. The highest BCUT2D eigenvalue weighted by atomic mass is 19.1. The molecule has 4 heterocycles. The first-order valence-corrected chi connectivity index (χ1v) is 12.0. The van der Waals surface area contributed by atoms with Crippen molar-refractivity contribution in [2.45, 2.75) is 45.3 Å². The van der Waals surface area contributed by atoms with Crippen LogP contribution in [0.5, 0.6) is 0 Å². The van der Waals surface area contributed by atoms with Gasteiger partial charge >= 0.3 is 0 Å². The summed E-state index contributed by atoms with van der Waals surface area (Å²) in [6.07, 6.45) is 3.76. The number of rotatable bonds is 6. The van der Waals surface area contributed by atoms with Gasteiger partial charge in [0.15, 0.2) is 0 Å². The number of nitrogens with one attached hydrogen (secondary N) is 1. The van der Waals surface area contributed by atoms with Crippen LogP contribution in [0.2, 0.25) is 0 Å². The minimum atomic E-state index is -0.391. The van der Waals surface area contributed by atoms with E-state index in [4.69, 9.17) is 4.98 Å². The van der Waals surface area contributed by atoms with Gasteiger partial charge in [0.1, 0.15) is 11.8 Å². The number of carbonyl (C=O) groups is 1. The molecule has 0 bridgehead atoms. The fraction of sp³-hybridized carbons (Fsp3) is 0.462. The molecule has 1 atom stereocenters. The quantitative estimate of drug-likeness (QED) is 0.597. The van der Waals surface area contributed by atoms with Crippen LogP contribution in [0.3, 0.4) is 0 Å². The van der Waals surface area contributed by atoms with Crippen LogP contribution in [0.25, 0.3) is 11.0 Å². The number of carbonyl (C=O) groups excluding carboxylic acids is 1. The first-order valence-electron chi connectivity index (χ1n) is 12.0. The average Bonchev–Trinajstić information content (AvgIpc) is 3.49. The lowest BCUT2D eigenvalue weighted by Crippen LogP contribution is -2.38. The number of hydrogen-bond donors (Lipinski definition) is 1. The van der Waals surface area contributed by atoms with E-state index in [0.29, 0.717) is 19.5 Å². The van der Waals surface area contributed by atoms with Crippen molar-refractivity contribution in [1.29, 1.82) is 0 Å². The Hall–Kier alpha value is -3.09. The van der Waals surface area contributed by atoms with Gasteiger partial charge in [-0.05, 0) is 74.4 Å². The Morgan fingerprint density at radius 3 is 2.85 bits per heavy atom. The Balaban J connectivity index is 1.36. The van der Waals surface area contributed by atoms with Crippen molar-refractivity contribution in [3.05, 3.63) is 52.8 Å². The van der Waals surface area contributed by atoms with E-state index in [2.05, 4.69) is 46.1 Å². The molecule has 6 rings (SSSR count). The first kappa shape index (κ1) is 20.5. The van der Waals surface area contributed by atoms with Gasteiger partial charge in [0, 0.05) is 43.3 Å². The monoisotopic (exact) mass is 447 g/mol. The van der Waals surface area contributed by atoms with E-state index in [1.807, 2.05) is 13.0 Å². The summed E-state index contributed by atoms with van der Waals surface area (Å²) in [4.78, 5) is 22.0. The number of benzene rings is 1. The van der Waals surface area contributed by atoms with Crippen molar-refractivity contribution in [3.63, 3.8) is 0 Å². The lowest BCUT2D eigenvalue weighted by Gasteiger charge is -2.29. The standard InChI is InChI=1S/C26H30FN5O/c1-16-4-7-19-13-23(32(24(19)28-16)15-17-5-6-17)25-29-21-14-20-18(12-22(21)30(25)2)8-11-31(26(20)33)10-3-9-27/h4,7,12-14,17,25,29H,3,5-6,8-11,15H2,1-2H3. The van der Waals surface area contributed by atoms with Crippen LogP contribution in [0.1, 0.15) is 52.7 Å². The second-order valence-corrected chi connectivity index (χ2v) is 9.76. The molecular formula is C26H30FN5O. The third-order valence-electron chi connectivity index (χ3n) is 7.34. The molecule has 3 aliphatic rings. The van der Waals surface area contributed by atoms with Crippen LogP contribution in [0.4, 0.5) is 15.8 Å². The largest absolute Gasteiger partial charge is 0.359 e. The molecule has 0 saturated heterocycles. The van der Waals surface area contributed by atoms with Gasteiger partial charge in [-0.1, -0.05) is 0 Å². The van der Waals surface area contributed by atoms with E-state index in [1.54, 1.807) is 4.90 Å².